The molecule has 5 rings (SSSR count). The quantitative estimate of drug-likeness (QED) is 0.310. The van der Waals surface area contributed by atoms with E-state index in [1.54, 1.807) is 16.9 Å². The number of fused-ring (bicyclic) bond motifs is 1. The lowest BCUT2D eigenvalue weighted by molar-refractivity contribution is -0.141. The summed E-state index contributed by atoms with van der Waals surface area (Å²) in [5.41, 5.74) is 0.582. The molecule has 0 unspecified atom stereocenters. The van der Waals surface area contributed by atoms with Crippen molar-refractivity contribution in [3.05, 3.63) is 77.6 Å². The number of anilines is 1. The molecule has 14 heteroatoms. The first kappa shape index (κ1) is 27.1. The number of aryl methyl sites for hydroxylation is 1. The van der Waals surface area contributed by atoms with Crippen LogP contribution in [0.4, 0.5) is 19.0 Å². The Morgan fingerprint density at radius 2 is 1.77 bits per heavy atom. The molecule has 1 N–H and O–H groups in total. The van der Waals surface area contributed by atoms with E-state index in [1.807, 2.05) is 31.2 Å². The van der Waals surface area contributed by atoms with Crippen LogP contribution in [0.1, 0.15) is 23.2 Å². The predicted molar refractivity (Wildman–Crippen MR) is 136 cm³/mol. The molecule has 0 saturated heterocycles. The second-order valence-electron chi connectivity index (χ2n) is 8.99. The highest BCUT2D eigenvalue weighted by Gasteiger charge is 2.35. The Kier molecular flexibility index (Phi) is 7.19. The lowest BCUT2D eigenvalue weighted by atomic mass is 10.1. The molecule has 0 aliphatic carbocycles. The first-order chi connectivity index (χ1) is 19.0. The Bertz CT molecular complexity index is 1670. The third-order valence-electron chi connectivity index (χ3n) is 5.91. The summed E-state index contributed by atoms with van der Waals surface area (Å²) in [6.07, 6.45) is -3.83. The second kappa shape index (κ2) is 10.6. The van der Waals surface area contributed by atoms with Gasteiger partial charge in [-0.2, -0.15) is 18.3 Å². The summed E-state index contributed by atoms with van der Waals surface area (Å²) in [4.78, 5) is 19.6. The van der Waals surface area contributed by atoms with Crippen LogP contribution >= 0.6 is 0 Å². The van der Waals surface area contributed by atoms with Gasteiger partial charge in [-0.3, -0.25) is 9.48 Å². The first-order valence-corrected chi connectivity index (χ1v) is 13.6. The topological polar surface area (TPSA) is 125 Å². The fourth-order valence-electron chi connectivity index (χ4n) is 3.83. The summed E-state index contributed by atoms with van der Waals surface area (Å²) in [5.74, 6) is -0.619. The number of hydrogen-bond acceptors (Lipinski definition) is 8. The third kappa shape index (κ3) is 6.22. The van der Waals surface area contributed by atoms with E-state index >= 15 is 0 Å². The fraction of sp³-hybridized carbons (Fsp3) is 0.231. The largest absolute Gasteiger partial charge is 0.454 e. The molecule has 1 aliphatic heterocycles. The van der Waals surface area contributed by atoms with E-state index in [4.69, 9.17) is 9.47 Å². The average Bonchev–Trinajstić information content (AvgIpc) is 3.57. The zero-order chi connectivity index (χ0) is 28.5. The summed E-state index contributed by atoms with van der Waals surface area (Å²) < 4.78 is 78.7. The Morgan fingerprint density at radius 1 is 1.02 bits per heavy atom. The number of hydrogen-bond donors (Lipinski definition) is 1. The van der Waals surface area contributed by atoms with Crippen LogP contribution in [-0.2, 0) is 27.4 Å². The van der Waals surface area contributed by atoms with Crippen molar-refractivity contribution in [1.82, 2.24) is 19.7 Å². The monoisotopic (exact) mass is 573 g/mol. The molecule has 4 aromatic rings. The van der Waals surface area contributed by atoms with E-state index in [0.29, 0.717) is 18.4 Å². The number of nitrogens with one attached hydrogen (secondary N) is 1. The molecule has 208 valence electrons. The van der Waals surface area contributed by atoms with E-state index in [-0.39, 0.29) is 29.6 Å². The van der Waals surface area contributed by atoms with Crippen molar-refractivity contribution in [2.75, 3.05) is 17.9 Å². The Balaban J connectivity index is 1.29. The van der Waals surface area contributed by atoms with Crippen LogP contribution in [0.2, 0.25) is 0 Å². The van der Waals surface area contributed by atoms with Gasteiger partial charge in [0.2, 0.25) is 27.7 Å². The van der Waals surface area contributed by atoms with Crippen LogP contribution in [0.25, 0.3) is 11.3 Å². The SMILES string of the molecule is Cc1ccc(Cn2ccc(NC(=O)CCS(=O)(=O)c3nc(-c4ccc5c(c4)OCO5)cc(C(F)(F)F)n3)n2)cc1. The zero-order valence-corrected chi connectivity index (χ0v) is 21.8. The predicted octanol–water partition coefficient (Wildman–Crippen LogP) is 4.25. The van der Waals surface area contributed by atoms with Crippen molar-refractivity contribution in [1.29, 1.82) is 0 Å². The van der Waals surface area contributed by atoms with E-state index in [9.17, 15) is 26.4 Å². The summed E-state index contributed by atoms with van der Waals surface area (Å²) in [7, 11) is -4.48. The van der Waals surface area contributed by atoms with Gasteiger partial charge in [-0.15, -0.1) is 0 Å². The lowest BCUT2D eigenvalue weighted by Gasteiger charge is -2.11. The smallest absolute Gasteiger partial charge is 0.433 e. The minimum atomic E-state index is -4.94. The summed E-state index contributed by atoms with van der Waals surface area (Å²) >= 11 is 0. The normalized spacial score (nSPS) is 12.9. The van der Waals surface area contributed by atoms with Crippen molar-refractivity contribution >= 4 is 21.6 Å². The van der Waals surface area contributed by atoms with Crippen molar-refractivity contribution < 1.29 is 35.9 Å². The molecule has 0 atom stereocenters. The number of rotatable bonds is 8. The maximum atomic E-state index is 13.6. The average molecular weight is 574 g/mol. The van der Waals surface area contributed by atoms with Gasteiger partial charge in [-0.25, -0.2) is 18.4 Å². The summed E-state index contributed by atoms with van der Waals surface area (Å²) in [5, 5.41) is 5.70. The number of sulfone groups is 1. The molecule has 2 aromatic carbocycles. The number of carbonyl (C=O) groups excluding carboxylic acids is 1. The molecule has 0 saturated carbocycles. The molecule has 0 radical (unpaired) electrons. The minimum Gasteiger partial charge on any atom is -0.454 e. The second-order valence-corrected chi connectivity index (χ2v) is 11.0. The van der Waals surface area contributed by atoms with Crippen LogP contribution < -0.4 is 14.8 Å². The Morgan fingerprint density at radius 3 is 2.52 bits per heavy atom. The van der Waals surface area contributed by atoms with Crippen molar-refractivity contribution in [3.8, 4) is 22.8 Å². The number of amides is 1. The number of carbonyl (C=O) groups is 1. The van der Waals surface area contributed by atoms with Gasteiger partial charge in [0.05, 0.1) is 18.0 Å². The van der Waals surface area contributed by atoms with Gasteiger partial charge in [0.15, 0.2) is 17.3 Å². The van der Waals surface area contributed by atoms with Crippen LogP contribution in [0.15, 0.2) is 66.0 Å². The van der Waals surface area contributed by atoms with Gasteiger partial charge in [0.25, 0.3) is 0 Å². The molecule has 1 aliphatic rings. The van der Waals surface area contributed by atoms with Gasteiger partial charge in [-0.05, 0) is 36.8 Å². The van der Waals surface area contributed by atoms with Gasteiger partial charge in [0.1, 0.15) is 5.69 Å². The molecule has 0 fully saturated rings. The Labute approximate surface area is 226 Å². The molecule has 0 spiro atoms. The number of halogens is 3. The third-order valence-corrected chi connectivity index (χ3v) is 7.39. The summed E-state index contributed by atoms with van der Waals surface area (Å²) in [6.45, 7) is 2.39. The van der Waals surface area contributed by atoms with Crippen LogP contribution in [-0.4, -0.2) is 46.6 Å². The fourth-order valence-corrected chi connectivity index (χ4v) is 4.95. The van der Waals surface area contributed by atoms with E-state index in [2.05, 4.69) is 20.4 Å². The van der Waals surface area contributed by atoms with Gasteiger partial charge >= 0.3 is 6.18 Å². The molecule has 3 heterocycles. The number of ether oxygens (including phenoxy) is 2. The van der Waals surface area contributed by atoms with Crippen molar-refractivity contribution in [3.63, 3.8) is 0 Å². The van der Waals surface area contributed by atoms with Gasteiger partial charge < -0.3 is 14.8 Å². The number of nitrogens with zero attached hydrogens (tertiary/aromatic N) is 4. The van der Waals surface area contributed by atoms with Crippen molar-refractivity contribution in [2.45, 2.75) is 31.2 Å². The first-order valence-electron chi connectivity index (χ1n) is 11.9. The highest BCUT2D eigenvalue weighted by atomic mass is 32.2. The molecule has 0 bridgehead atoms. The van der Waals surface area contributed by atoms with Gasteiger partial charge in [-0.1, -0.05) is 29.8 Å². The highest BCUT2D eigenvalue weighted by Crippen LogP contribution is 2.37. The maximum Gasteiger partial charge on any atom is 0.433 e. The number of benzene rings is 2. The van der Waals surface area contributed by atoms with E-state index in [0.717, 1.165) is 11.1 Å². The molecular weight excluding hydrogens is 551 g/mol. The van der Waals surface area contributed by atoms with E-state index < -0.39 is 44.9 Å². The van der Waals surface area contributed by atoms with Crippen molar-refractivity contribution in [2.24, 2.45) is 0 Å². The molecule has 40 heavy (non-hydrogen) atoms. The minimum absolute atomic E-state index is 0.0505. The van der Waals surface area contributed by atoms with Crippen LogP contribution in [0.5, 0.6) is 11.5 Å². The lowest BCUT2D eigenvalue weighted by Crippen LogP contribution is -2.21. The zero-order valence-electron chi connectivity index (χ0n) is 21.0. The standard InChI is InChI=1S/C26H22F3N5O5S/c1-16-2-4-17(5-3-16)14-34-10-8-23(33-34)32-24(35)9-11-40(36,37)25-30-19(13-22(31-25)26(27,28)29)18-6-7-20-21(12-18)39-15-38-20/h2-8,10,12-13H,9,11,14-15H2,1H3,(H,32,33,35). The molecular formula is C26H22F3N5O5S. The number of alkyl halides is 3. The summed E-state index contributed by atoms with van der Waals surface area (Å²) in [6, 6.07) is 14.3. The molecule has 2 aromatic heterocycles. The number of aromatic nitrogens is 4. The van der Waals surface area contributed by atoms with Crippen LogP contribution in [0.3, 0.4) is 0 Å². The molecule has 1 amide bonds. The Hall–Kier alpha value is -4.46. The van der Waals surface area contributed by atoms with E-state index in [1.165, 1.54) is 18.2 Å². The van der Waals surface area contributed by atoms with Crippen LogP contribution in [0, 0.1) is 6.92 Å². The maximum absolute atomic E-state index is 13.6. The van der Waals surface area contributed by atoms with Gasteiger partial charge in [0, 0.05) is 24.2 Å². The molecule has 10 nitrogen and oxygen atoms in total. The highest BCUT2D eigenvalue weighted by molar-refractivity contribution is 7.91.